The van der Waals surface area contributed by atoms with E-state index >= 15 is 0 Å². The summed E-state index contributed by atoms with van der Waals surface area (Å²) in [6, 6.07) is 1.96. The molecule has 0 spiro atoms. The van der Waals surface area contributed by atoms with Crippen LogP contribution in [-0.4, -0.2) is 13.6 Å². The Kier molecular flexibility index (Phi) is 3.63. The highest BCUT2D eigenvalue weighted by Gasteiger charge is 1.90. The Morgan fingerprint density at radius 2 is 2.55 bits per heavy atom. The summed E-state index contributed by atoms with van der Waals surface area (Å²) in [5, 5.41) is 5.78. The second-order valence-corrected chi connectivity index (χ2v) is 3.51. The number of nitrogens with one attached hydrogen (secondary N) is 1. The molecule has 0 amide bonds. The third-order valence-electron chi connectivity index (χ3n) is 1.19. The lowest BCUT2D eigenvalue weighted by atomic mass is 10.4. The van der Waals surface area contributed by atoms with Gasteiger partial charge in [0.05, 0.1) is 5.02 Å². The van der Waals surface area contributed by atoms with Gasteiger partial charge in [0.2, 0.25) is 0 Å². The first-order valence-corrected chi connectivity index (χ1v) is 4.64. The van der Waals surface area contributed by atoms with Crippen molar-refractivity contribution in [1.29, 1.82) is 0 Å². The molecule has 1 N–H and O–H groups in total. The van der Waals surface area contributed by atoms with Gasteiger partial charge in [-0.25, -0.2) is 0 Å². The summed E-state index contributed by atoms with van der Waals surface area (Å²) in [5.74, 6) is 0. The summed E-state index contributed by atoms with van der Waals surface area (Å²) in [7, 11) is 1.92. The van der Waals surface area contributed by atoms with Crippen LogP contribution in [0.1, 0.15) is 4.88 Å². The Balaban J connectivity index is 2.50. The van der Waals surface area contributed by atoms with Crippen LogP contribution in [0.15, 0.2) is 17.5 Å². The molecule has 11 heavy (non-hydrogen) atoms. The topological polar surface area (TPSA) is 12.0 Å². The standard InChI is InChI=1S/C8H10ClNS/c1-10-4-2-3-8-5-7(9)6-11-8/h2-3,5-6,10H,4H2,1H3. The molecule has 0 aromatic carbocycles. The zero-order valence-electron chi connectivity index (χ0n) is 6.30. The Hall–Kier alpha value is -0.310. The number of likely N-dealkylation sites (N-methyl/N-ethyl adjacent to an activating group) is 1. The maximum Gasteiger partial charge on any atom is 0.0519 e. The fourth-order valence-corrected chi connectivity index (χ4v) is 1.71. The molecule has 0 aliphatic rings. The molecular weight excluding hydrogens is 178 g/mol. The molecule has 0 fully saturated rings. The van der Waals surface area contributed by atoms with Gasteiger partial charge >= 0.3 is 0 Å². The molecule has 1 aromatic heterocycles. The lowest BCUT2D eigenvalue weighted by molar-refractivity contribution is 0.922. The van der Waals surface area contributed by atoms with Crippen LogP contribution >= 0.6 is 22.9 Å². The Labute approximate surface area is 75.7 Å². The third kappa shape index (κ3) is 3.06. The van der Waals surface area contributed by atoms with Crippen molar-refractivity contribution in [3.63, 3.8) is 0 Å². The Bertz CT molecular complexity index is 242. The van der Waals surface area contributed by atoms with E-state index < -0.39 is 0 Å². The summed E-state index contributed by atoms with van der Waals surface area (Å²) >= 11 is 7.39. The van der Waals surface area contributed by atoms with E-state index in [2.05, 4.69) is 17.5 Å². The van der Waals surface area contributed by atoms with E-state index in [1.165, 1.54) is 4.88 Å². The van der Waals surface area contributed by atoms with E-state index in [9.17, 15) is 0 Å². The first kappa shape index (κ1) is 8.78. The SMILES string of the molecule is CNCC=Cc1cc(Cl)cs1. The maximum atomic E-state index is 5.73. The van der Waals surface area contributed by atoms with E-state index in [1.807, 2.05) is 18.5 Å². The predicted molar refractivity (Wildman–Crippen MR) is 52.3 cm³/mol. The molecule has 3 heteroatoms. The van der Waals surface area contributed by atoms with Gasteiger partial charge in [0, 0.05) is 16.8 Å². The smallest absolute Gasteiger partial charge is 0.0519 e. The van der Waals surface area contributed by atoms with Crippen molar-refractivity contribution in [3.05, 3.63) is 27.4 Å². The summed E-state index contributed by atoms with van der Waals surface area (Å²) < 4.78 is 0. The highest BCUT2D eigenvalue weighted by molar-refractivity contribution is 7.11. The lowest BCUT2D eigenvalue weighted by Gasteiger charge is -1.85. The molecule has 60 valence electrons. The van der Waals surface area contributed by atoms with Crippen molar-refractivity contribution in [3.8, 4) is 0 Å². The second kappa shape index (κ2) is 4.54. The van der Waals surface area contributed by atoms with Crippen molar-refractivity contribution in [2.24, 2.45) is 0 Å². The third-order valence-corrected chi connectivity index (χ3v) is 2.44. The first-order chi connectivity index (χ1) is 5.33. The predicted octanol–water partition coefficient (Wildman–Crippen LogP) is 2.63. The molecule has 0 atom stereocenters. The summed E-state index contributed by atoms with van der Waals surface area (Å²) in [4.78, 5) is 1.20. The summed E-state index contributed by atoms with van der Waals surface area (Å²) in [6.07, 6.45) is 4.13. The zero-order valence-corrected chi connectivity index (χ0v) is 7.88. The Morgan fingerprint density at radius 1 is 1.73 bits per heavy atom. The van der Waals surface area contributed by atoms with Crippen molar-refractivity contribution in [2.75, 3.05) is 13.6 Å². The highest BCUT2D eigenvalue weighted by atomic mass is 35.5. The van der Waals surface area contributed by atoms with E-state index in [0.29, 0.717) is 0 Å². The molecule has 1 rings (SSSR count). The molecule has 0 aliphatic heterocycles. The first-order valence-electron chi connectivity index (χ1n) is 3.38. The normalized spacial score (nSPS) is 11.1. The van der Waals surface area contributed by atoms with Gasteiger partial charge in [0.25, 0.3) is 0 Å². The number of hydrogen-bond acceptors (Lipinski definition) is 2. The zero-order chi connectivity index (χ0) is 8.10. The van der Waals surface area contributed by atoms with Gasteiger partial charge < -0.3 is 5.32 Å². The minimum atomic E-state index is 0.819. The van der Waals surface area contributed by atoms with Crippen LogP contribution in [0.5, 0.6) is 0 Å². The van der Waals surface area contributed by atoms with Crippen LogP contribution < -0.4 is 5.32 Å². The maximum absolute atomic E-state index is 5.73. The molecule has 0 radical (unpaired) electrons. The minimum absolute atomic E-state index is 0.819. The van der Waals surface area contributed by atoms with E-state index in [1.54, 1.807) is 11.3 Å². The van der Waals surface area contributed by atoms with Gasteiger partial charge in [-0.05, 0) is 19.2 Å². The van der Waals surface area contributed by atoms with Crippen molar-refractivity contribution < 1.29 is 0 Å². The second-order valence-electron chi connectivity index (χ2n) is 2.13. The lowest BCUT2D eigenvalue weighted by Crippen LogP contribution is -2.03. The van der Waals surface area contributed by atoms with Crippen LogP contribution in [0.4, 0.5) is 0 Å². The fraction of sp³-hybridized carbons (Fsp3) is 0.250. The van der Waals surface area contributed by atoms with Gasteiger partial charge in [-0.3, -0.25) is 0 Å². The molecule has 0 saturated carbocycles. The number of rotatable bonds is 3. The number of hydrogen-bond donors (Lipinski definition) is 1. The van der Waals surface area contributed by atoms with Crippen molar-refractivity contribution in [2.45, 2.75) is 0 Å². The van der Waals surface area contributed by atoms with Gasteiger partial charge in [0.15, 0.2) is 0 Å². The molecular formula is C8H10ClNS. The van der Waals surface area contributed by atoms with Crippen LogP contribution in [0.2, 0.25) is 5.02 Å². The molecule has 1 nitrogen and oxygen atoms in total. The average Bonchev–Trinajstić information content (AvgIpc) is 2.37. The van der Waals surface area contributed by atoms with Crippen LogP contribution in [0, 0.1) is 0 Å². The Morgan fingerprint density at radius 3 is 3.09 bits per heavy atom. The van der Waals surface area contributed by atoms with E-state index in [0.717, 1.165) is 11.6 Å². The fourth-order valence-electron chi connectivity index (χ4n) is 0.709. The largest absolute Gasteiger partial charge is 0.316 e. The average molecular weight is 188 g/mol. The summed E-state index contributed by atoms with van der Waals surface area (Å²) in [6.45, 7) is 0.898. The number of thiophene rings is 1. The molecule has 0 aliphatic carbocycles. The molecule has 0 saturated heterocycles. The monoisotopic (exact) mass is 187 g/mol. The quantitative estimate of drug-likeness (QED) is 0.767. The molecule has 0 bridgehead atoms. The minimum Gasteiger partial charge on any atom is -0.316 e. The summed E-state index contributed by atoms with van der Waals surface area (Å²) in [5.41, 5.74) is 0. The van der Waals surface area contributed by atoms with Crippen LogP contribution in [-0.2, 0) is 0 Å². The van der Waals surface area contributed by atoms with E-state index in [4.69, 9.17) is 11.6 Å². The van der Waals surface area contributed by atoms with Crippen LogP contribution in [0.25, 0.3) is 6.08 Å². The highest BCUT2D eigenvalue weighted by Crippen LogP contribution is 2.19. The van der Waals surface area contributed by atoms with Crippen molar-refractivity contribution >= 4 is 29.0 Å². The van der Waals surface area contributed by atoms with Gasteiger partial charge in [0.1, 0.15) is 0 Å². The molecule has 1 aromatic rings. The van der Waals surface area contributed by atoms with Gasteiger partial charge in [-0.2, -0.15) is 0 Å². The van der Waals surface area contributed by atoms with Crippen LogP contribution in [0.3, 0.4) is 0 Å². The molecule has 1 heterocycles. The number of halogens is 1. The molecule has 0 unspecified atom stereocenters. The van der Waals surface area contributed by atoms with Gasteiger partial charge in [-0.15, -0.1) is 11.3 Å². The van der Waals surface area contributed by atoms with Crippen molar-refractivity contribution in [1.82, 2.24) is 5.32 Å². The van der Waals surface area contributed by atoms with E-state index in [-0.39, 0.29) is 0 Å². The van der Waals surface area contributed by atoms with Gasteiger partial charge in [-0.1, -0.05) is 17.7 Å².